The van der Waals surface area contributed by atoms with Crippen LogP contribution in [0.5, 0.6) is 0 Å². The highest BCUT2D eigenvalue weighted by Gasteiger charge is 2.12. The second-order valence-corrected chi connectivity index (χ2v) is 5.23. The van der Waals surface area contributed by atoms with Crippen molar-refractivity contribution in [3.05, 3.63) is 0 Å². The largest absolute Gasteiger partial charge is 0.377 e. The Hall–Kier alpha value is 0.270. The summed E-state index contributed by atoms with van der Waals surface area (Å²) in [6.07, 6.45) is 10.6. The van der Waals surface area contributed by atoms with Crippen LogP contribution in [0.4, 0.5) is 0 Å². The first-order chi connectivity index (χ1) is 7.43. The third kappa shape index (κ3) is 7.20. The Morgan fingerprint density at radius 2 is 2.20 bits per heavy atom. The van der Waals surface area contributed by atoms with Gasteiger partial charge in [0.1, 0.15) is 0 Å². The monoisotopic (exact) mass is 231 g/mol. The molecule has 2 nitrogen and oxygen atoms in total. The molecule has 90 valence electrons. The first-order valence-corrected chi connectivity index (χ1v) is 7.64. The lowest BCUT2D eigenvalue weighted by Crippen LogP contribution is -2.32. The predicted molar refractivity (Wildman–Crippen MR) is 68.7 cm³/mol. The van der Waals surface area contributed by atoms with Crippen LogP contribution in [-0.4, -0.2) is 37.8 Å². The zero-order valence-corrected chi connectivity index (χ0v) is 10.8. The molecule has 0 aromatic rings. The summed E-state index contributed by atoms with van der Waals surface area (Å²) in [4.78, 5) is 0. The molecule has 0 aromatic carbocycles. The molecule has 1 unspecified atom stereocenters. The quantitative estimate of drug-likeness (QED) is 0.649. The van der Waals surface area contributed by atoms with Crippen molar-refractivity contribution in [3.8, 4) is 0 Å². The minimum atomic E-state index is 0.491. The van der Waals surface area contributed by atoms with Gasteiger partial charge in [-0.1, -0.05) is 6.42 Å². The Bertz CT molecular complexity index is 138. The lowest BCUT2D eigenvalue weighted by molar-refractivity contribution is 0.0170. The van der Waals surface area contributed by atoms with Crippen LogP contribution in [0.2, 0.25) is 0 Å². The fourth-order valence-corrected chi connectivity index (χ4v) is 2.40. The van der Waals surface area contributed by atoms with E-state index >= 15 is 0 Å². The van der Waals surface area contributed by atoms with Gasteiger partial charge in [-0.15, -0.1) is 0 Å². The van der Waals surface area contributed by atoms with E-state index in [-0.39, 0.29) is 0 Å². The van der Waals surface area contributed by atoms with Gasteiger partial charge in [-0.25, -0.2) is 0 Å². The van der Waals surface area contributed by atoms with Gasteiger partial charge in [0.2, 0.25) is 0 Å². The van der Waals surface area contributed by atoms with E-state index in [0.29, 0.717) is 6.10 Å². The van der Waals surface area contributed by atoms with Crippen LogP contribution in [0.1, 0.15) is 38.5 Å². The summed E-state index contributed by atoms with van der Waals surface area (Å²) in [5.74, 6) is 1.31. The molecule has 15 heavy (non-hydrogen) atoms. The summed E-state index contributed by atoms with van der Waals surface area (Å²) >= 11 is 1.95. The number of unbranched alkanes of at least 4 members (excludes halogenated alkanes) is 2. The van der Waals surface area contributed by atoms with Gasteiger partial charge in [0.25, 0.3) is 0 Å². The molecule has 0 aromatic heterocycles. The van der Waals surface area contributed by atoms with Crippen molar-refractivity contribution in [1.82, 2.24) is 5.32 Å². The molecule has 1 aliphatic heterocycles. The molecule has 0 bridgehead atoms. The Kier molecular flexibility index (Phi) is 8.44. The molecule has 0 radical (unpaired) electrons. The van der Waals surface area contributed by atoms with Gasteiger partial charge < -0.3 is 10.1 Å². The third-order valence-electron chi connectivity index (χ3n) is 2.85. The third-order valence-corrected chi connectivity index (χ3v) is 3.54. The van der Waals surface area contributed by atoms with E-state index in [4.69, 9.17) is 4.74 Å². The summed E-state index contributed by atoms with van der Waals surface area (Å²) in [5.41, 5.74) is 0. The Balaban J connectivity index is 1.79. The molecule has 1 aliphatic rings. The van der Waals surface area contributed by atoms with Crippen molar-refractivity contribution in [2.75, 3.05) is 31.7 Å². The molecule has 1 fully saturated rings. The average molecular weight is 231 g/mol. The van der Waals surface area contributed by atoms with E-state index < -0.39 is 0 Å². The van der Waals surface area contributed by atoms with E-state index in [2.05, 4.69) is 11.6 Å². The van der Waals surface area contributed by atoms with Crippen LogP contribution >= 0.6 is 11.8 Å². The fraction of sp³-hybridized carbons (Fsp3) is 1.00. The number of hydrogen-bond donors (Lipinski definition) is 1. The predicted octanol–water partition coefficient (Wildman–Crippen LogP) is 2.68. The molecule has 0 aliphatic carbocycles. The summed E-state index contributed by atoms with van der Waals surface area (Å²) < 4.78 is 5.66. The molecule has 1 atom stereocenters. The maximum Gasteiger partial charge on any atom is 0.0699 e. The van der Waals surface area contributed by atoms with Crippen LogP contribution in [0.15, 0.2) is 0 Å². The van der Waals surface area contributed by atoms with Gasteiger partial charge in [-0.2, -0.15) is 11.8 Å². The lowest BCUT2D eigenvalue weighted by Gasteiger charge is -2.22. The molecule has 0 saturated carbocycles. The summed E-state index contributed by atoms with van der Waals surface area (Å²) in [6, 6.07) is 0. The molecule has 0 amide bonds. The molecular formula is C12H25NOS. The van der Waals surface area contributed by atoms with Gasteiger partial charge in [0, 0.05) is 13.2 Å². The van der Waals surface area contributed by atoms with Crippen molar-refractivity contribution in [2.45, 2.75) is 44.6 Å². The van der Waals surface area contributed by atoms with Gasteiger partial charge in [0.05, 0.1) is 6.10 Å². The van der Waals surface area contributed by atoms with Crippen molar-refractivity contribution >= 4 is 11.8 Å². The van der Waals surface area contributed by atoms with Gasteiger partial charge in [0.15, 0.2) is 0 Å². The molecule has 1 rings (SSSR count). The van der Waals surface area contributed by atoms with E-state index in [1.807, 2.05) is 11.8 Å². The number of thioether (sulfide) groups is 1. The Morgan fingerprint density at radius 1 is 1.27 bits per heavy atom. The number of ether oxygens (including phenoxy) is 1. The molecule has 3 heteroatoms. The second kappa shape index (κ2) is 9.49. The Labute approximate surface area is 98.5 Å². The standard InChI is InChI=1S/C12H25NOS/c1-15-10-6-2-4-8-13-11-12-7-3-5-9-14-12/h12-13H,2-11H2,1H3. The van der Waals surface area contributed by atoms with Crippen molar-refractivity contribution in [3.63, 3.8) is 0 Å². The molecule has 1 N–H and O–H groups in total. The minimum absolute atomic E-state index is 0.491. The first-order valence-electron chi connectivity index (χ1n) is 6.24. The number of nitrogens with one attached hydrogen (secondary N) is 1. The average Bonchev–Trinajstić information content (AvgIpc) is 2.29. The van der Waals surface area contributed by atoms with Crippen LogP contribution in [0.25, 0.3) is 0 Å². The highest BCUT2D eigenvalue weighted by Crippen LogP contribution is 2.11. The zero-order valence-electron chi connectivity index (χ0n) is 9.96. The first kappa shape index (κ1) is 13.3. The SMILES string of the molecule is CSCCCCCNCC1CCCCO1. The van der Waals surface area contributed by atoms with E-state index in [1.54, 1.807) is 0 Å². The second-order valence-electron chi connectivity index (χ2n) is 4.25. The fourth-order valence-electron chi connectivity index (χ4n) is 1.90. The van der Waals surface area contributed by atoms with E-state index in [9.17, 15) is 0 Å². The van der Waals surface area contributed by atoms with Crippen molar-refractivity contribution in [1.29, 1.82) is 0 Å². The topological polar surface area (TPSA) is 21.3 Å². The summed E-state index contributed by atoms with van der Waals surface area (Å²) in [5, 5.41) is 3.50. The normalized spacial score (nSPS) is 21.8. The highest BCUT2D eigenvalue weighted by atomic mass is 32.2. The molecule has 1 saturated heterocycles. The van der Waals surface area contributed by atoms with Crippen LogP contribution in [0, 0.1) is 0 Å². The molecule has 0 spiro atoms. The van der Waals surface area contributed by atoms with Gasteiger partial charge >= 0.3 is 0 Å². The van der Waals surface area contributed by atoms with Crippen molar-refractivity contribution in [2.24, 2.45) is 0 Å². The summed E-state index contributed by atoms with van der Waals surface area (Å²) in [7, 11) is 0. The minimum Gasteiger partial charge on any atom is -0.377 e. The Morgan fingerprint density at radius 3 is 2.93 bits per heavy atom. The molecule has 1 heterocycles. The highest BCUT2D eigenvalue weighted by molar-refractivity contribution is 7.98. The maximum atomic E-state index is 5.66. The zero-order chi connectivity index (χ0) is 10.8. The van der Waals surface area contributed by atoms with E-state index in [0.717, 1.165) is 19.7 Å². The number of hydrogen-bond acceptors (Lipinski definition) is 3. The molecular weight excluding hydrogens is 206 g/mol. The van der Waals surface area contributed by atoms with Crippen LogP contribution in [0.3, 0.4) is 0 Å². The summed E-state index contributed by atoms with van der Waals surface area (Å²) in [6.45, 7) is 3.19. The smallest absolute Gasteiger partial charge is 0.0699 e. The van der Waals surface area contributed by atoms with Gasteiger partial charge in [-0.05, 0) is 50.7 Å². The van der Waals surface area contributed by atoms with Gasteiger partial charge in [-0.3, -0.25) is 0 Å². The van der Waals surface area contributed by atoms with E-state index in [1.165, 1.54) is 44.3 Å². The van der Waals surface area contributed by atoms with Crippen molar-refractivity contribution < 1.29 is 4.74 Å². The maximum absolute atomic E-state index is 5.66. The van der Waals surface area contributed by atoms with Crippen LogP contribution < -0.4 is 5.32 Å². The number of rotatable bonds is 8. The lowest BCUT2D eigenvalue weighted by atomic mass is 10.1. The van der Waals surface area contributed by atoms with Crippen LogP contribution in [-0.2, 0) is 4.74 Å².